The molecular weight excluding hydrogens is 490 g/mol. The minimum Gasteiger partial charge on any atom is -0.454 e. The average Bonchev–Trinajstić information content (AvgIpc) is 3.55. The molecule has 0 bridgehead atoms. The number of para-hydroxylation sites is 1. The van der Waals surface area contributed by atoms with Gasteiger partial charge in [0.05, 0.1) is 22.2 Å². The van der Waals surface area contributed by atoms with Crippen molar-refractivity contribution in [1.29, 1.82) is 5.26 Å². The first kappa shape index (κ1) is 22.4. The van der Waals surface area contributed by atoms with E-state index < -0.39 is 0 Å². The van der Waals surface area contributed by atoms with Crippen molar-refractivity contribution in [3.05, 3.63) is 94.0 Å². The topological polar surface area (TPSA) is 67.5 Å². The zero-order valence-electron chi connectivity index (χ0n) is 19.2. The minimum atomic E-state index is -0.171. The summed E-state index contributed by atoms with van der Waals surface area (Å²) in [6, 6.07) is 23.4. The summed E-state index contributed by atoms with van der Waals surface area (Å²) in [6.07, 6.45) is 1.93. The van der Waals surface area contributed by atoms with Gasteiger partial charge in [-0.1, -0.05) is 60.4 Å². The summed E-state index contributed by atoms with van der Waals surface area (Å²) < 4.78 is 13.5. The van der Waals surface area contributed by atoms with Crippen LogP contribution in [-0.4, -0.2) is 21.6 Å². The van der Waals surface area contributed by atoms with Crippen molar-refractivity contribution in [2.45, 2.75) is 13.5 Å². The van der Waals surface area contributed by atoms with Gasteiger partial charge in [0, 0.05) is 34.8 Å². The number of thiocarbonyl (C=S) groups is 1. The fraction of sp³-hybridized carbons (Fsp3) is 0.107. The Morgan fingerprint density at radius 1 is 1.08 bits per heavy atom. The molecule has 0 N–H and O–H groups in total. The third-order valence-electron chi connectivity index (χ3n) is 6.43. The van der Waals surface area contributed by atoms with Gasteiger partial charge in [0.2, 0.25) is 6.79 Å². The largest absolute Gasteiger partial charge is 0.454 e. The predicted molar refractivity (Wildman–Crippen MR) is 145 cm³/mol. The summed E-state index contributed by atoms with van der Waals surface area (Å²) in [5, 5.41) is 10.6. The second kappa shape index (κ2) is 8.86. The van der Waals surface area contributed by atoms with Crippen LogP contribution >= 0.6 is 24.0 Å². The van der Waals surface area contributed by atoms with E-state index >= 15 is 0 Å². The minimum absolute atomic E-state index is 0.166. The molecule has 2 aliphatic heterocycles. The highest BCUT2D eigenvalue weighted by Gasteiger charge is 2.34. The van der Waals surface area contributed by atoms with Crippen molar-refractivity contribution in [3.63, 3.8) is 0 Å². The van der Waals surface area contributed by atoms with Crippen molar-refractivity contribution in [2.24, 2.45) is 0 Å². The smallest absolute Gasteiger partial charge is 0.270 e. The van der Waals surface area contributed by atoms with E-state index in [4.69, 9.17) is 21.7 Å². The number of nitriles is 1. The van der Waals surface area contributed by atoms with Crippen LogP contribution in [0.3, 0.4) is 0 Å². The third-order valence-corrected chi connectivity index (χ3v) is 7.73. The number of carbonyl (C=O) groups is 1. The molecule has 0 unspecified atom stereocenters. The Kier molecular flexibility index (Phi) is 5.52. The molecule has 36 heavy (non-hydrogen) atoms. The number of hydrogen-bond donors (Lipinski definition) is 0. The highest BCUT2D eigenvalue weighted by molar-refractivity contribution is 8.27. The second-order valence-corrected chi connectivity index (χ2v) is 10.1. The zero-order valence-corrected chi connectivity index (χ0v) is 20.9. The molecule has 0 saturated carbocycles. The summed E-state index contributed by atoms with van der Waals surface area (Å²) in [5.41, 5.74) is 5.27. The number of amides is 1. The molecule has 8 heteroatoms. The summed E-state index contributed by atoms with van der Waals surface area (Å²) in [5.74, 6) is 1.08. The van der Waals surface area contributed by atoms with Crippen LogP contribution in [-0.2, 0) is 11.3 Å². The second-order valence-electron chi connectivity index (χ2n) is 8.43. The SMILES string of the molecule is Cc1c(/C=C2\SC(=S)N(c3ccc4c(c3)OCO4)C2=O)c2ccccc2n1Cc1ccccc1C#N. The lowest BCUT2D eigenvalue weighted by Crippen LogP contribution is -2.27. The molecule has 3 aromatic carbocycles. The molecule has 4 aromatic rings. The van der Waals surface area contributed by atoms with Crippen LogP contribution in [0.2, 0.25) is 0 Å². The van der Waals surface area contributed by atoms with Crippen molar-refractivity contribution in [1.82, 2.24) is 4.57 Å². The lowest BCUT2D eigenvalue weighted by atomic mass is 10.1. The van der Waals surface area contributed by atoms with Gasteiger partial charge < -0.3 is 14.0 Å². The first-order valence-electron chi connectivity index (χ1n) is 11.3. The maximum atomic E-state index is 13.5. The molecule has 0 radical (unpaired) electrons. The number of hydrogen-bond acceptors (Lipinski definition) is 6. The van der Waals surface area contributed by atoms with Gasteiger partial charge in [-0.05, 0) is 42.8 Å². The molecule has 3 heterocycles. The Balaban J connectivity index is 1.40. The van der Waals surface area contributed by atoms with Crippen molar-refractivity contribution < 1.29 is 14.3 Å². The summed E-state index contributed by atoms with van der Waals surface area (Å²) in [7, 11) is 0. The van der Waals surface area contributed by atoms with Gasteiger partial charge in [-0.3, -0.25) is 9.69 Å². The molecule has 176 valence electrons. The molecule has 2 aliphatic rings. The van der Waals surface area contributed by atoms with Crippen LogP contribution in [0.5, 0.6) is 11.5 Å². The molecule has 0 spiro atoms. The van der Waals surface area contributed by atoms with Gasteiger partial charge in [-0.25, -0.2) is 0 Å². The van der Waals surface area contributed by atoms with Crippen LogP contribution in [0.25, 0.3) is 17.0 Å². The zero-order chi connectivity index (χ0) is 24.8. The number of thioether (sulfide) groups is 1. The first-order chi connectivity index (χ1) is 17.5. The number of nitrogens with zero attached hydrogens (tertiary/aromatic N) is 3. The number of rotatable bonds is 4. The van der Waals surface area contributed by atoms with E-state index in [0.29, 0.717) is 38.5 Å². The molecule has 1 fully saturated rings. The summed E-state index contributed by atoms with van der Waals surface area (Å²) in [4.78, 5) is 15.6. The van der Waals surface area contributed by atoms with Crippen LogP contribution < -0.4 is 14.4 Å². The van der Waals surface area contributed by atoms with Crippen molar-refractivity contribution in [3.8, 4) is 17.6 Å². The van der Waals surface area contributed by atoms with E-state index in [1.165, 1.54) is 16.7 Å². The quantitative estimate of drug-likeness (QED) is 0.248. The maximum Gasteiger partial charge on any atom is 0.270 e. The number of ether oxygens (including phenoxy) is 2. The highest BCUT2D eigenvalue weighted by atomic mass is 32.2. The normalized spacial score (nSPS) is 15.8. The lowest BCUT2D eigenvalue weighted by molar-refractivity contribution is -0.113. The molecule has 6 rings (SSSR count). The Morgan fingerprint density at radius 2 is 1.86 bits per heavy atom. The average molecular weight is 510 g/mol. The fourth-order valence-electron chi connectivity index (χ4n) is 4.63. The predicted octanol–water partition coefficient (Wildman–Crippen LogP) is 6.00. The van der Waals surface area contributed by atoms with Gasteiger partial charge in [0.1, 0.15) is 0 Å². The van der Waals surface area contributed by atoms with E-state index in [1.54, 1.807) is 12.1 Å². The number of anilines is 1. The van der Waals surface area contributed by atoms with Crippen LogP contribution in [0, 0.1) is 18.3 Å². The van der Waals surface area contributed by atoms with Crippen LogP contribution in [0.4, 0.5) is 5.69 Å². The number of fused-ring (bicyclic) bond motifs is 2. The van der Waals surface area contributed by atoms with Crippen molar-refractivity contribution >= 4 is 56.9 Å². The first-order valence-corrected chi connectivity index (χ1v) is 12.5. The van der Waals surface area contributed by atoms with E-state index in [2.05, 4.69) is 22.8 Å². The summed E-state index contributed by atoms with van der Waals surface area (Å²) >= 11 is 6.87. The van der Waals surface area contributed by atoms with Crippen LogP contribution in [0.15, 0.2) is 71.6 Å². The molecule has 1 saturated heterocycles. The lowest BCUT2D eigenvalue weighted by Gasteiger charge is -2.14. The number of carbonyl (C=O) groups excluding carboxylic acids is 1. The molecule has 6 nitrogen and oxygen atoms in total. The van der Waals surface area contributed by atoms with Gasteiger partial charge in [0.15, 0.2) is 15.8 Å². The molecule has 0 atom stereocenters. The molecule has 1 aromatic heterocycles. The maximum absolute atomic E-state index is 13.5. The Hall–Kier alpha value is -4.06. The Morgan fingerprint density at radius 3 is 2.72 bits per heavy atom. The fourth-order valence-corrected chi connectivity index (χ4v) is 5.91. The van der Waals surface area contributed by atoms with Gasteiger partial charge in [0.25, 0.3) is 5.91 Å². The number of benzene rings is 3. The van der Waals surface area contributed by atoms with Gasteiger partial charge >= 0.3 is 0 Å². The van der Waals surface area contributed by atoms with Gasteiger partial charge in [-0.2, -0.15) is 5.26 Å². The molecular formula is C28H19N3O3S2. The summed E-state index contributed by atoms with van der Waals surface area (Å²) in [6.45, 7) is 2.76. The van der Waals surface area contributed by atoms with Crippen molar-refractivity contribution in [2.75, 3.05) is 11.7 Å². The molecule has 0 aliphatic carbocycles. The van der Waals surface area contributed by atoms with Crippen LogP contribution in [0.1, 0.15) is 22.4 Å². The standard InChI is InChI=1S/C28H19N3O3S2/c1-17-22(21-8-4-5-9-23(21)30(17)15-19-7-3-2-6-18(19)14-29)13-26-27(32)31(28(35)36-26)20-10-11-24-25(12-20)34-16-33-24/h2-13H,15-16H2,1H3/b26-13-. The monoisotopic (exact) mass is 509 g/mol. The molecule has 1 amide bonds. The van der Waals surface area contributed by atoms with E-state index in [9.17, 15) is 10.1 Å². The highest BCUT2D eigenvalue weighted by Crippen LogP contribution is 2.41. The number of aromatic nitrogens is 1. The Labute approximate surface area is 217 Å². The van der Waals surface area contributed by atoms with E-state index in [1.807, 2.05) is 55.5 Å². The third kappa shape index (κ3) is 3.65. The van der Waals surface area contributed by atoms with E-state index in [-0.39, 0.29) is 12.7 Å². The Bertz CT molecular complexity index is 1650. The van der Waals surface area contributed by atoms with Gasteiger partial charge in [-0.15, -0.1) is 0 Å². The van der Waals surface area contributed by atoms with E-state index in [0.717, 1.165) is 27.7 Å².